The third-order valence-corrected chi connectivity index (χ3v) is 15.0. The first-order valence-electron chi connectivity index (χ1n) is 27.0. The Kier molecular flexibility index (Phi) is 18.5. The Morgan fingerprint density at radius 2 is 0.841 bits per heavy atom. The minimum absolute atomic E-state index is 0.115. The van der Waals surface area contributed by atoms with Crippen molar-refractivity contribution in [2.24, 2.45) is 11.8 Å². The van der Waals surface area contributed by atoms with E-state index in [4.69, 9.17) is 16.0 Å². The summed E-state index contributed by atoms with van der Waals surface area (Å²) in [6.45, 7) is 19.8. The summed E-state index contributed by atoms with van der Waals surface area (Å²) in [7, 11) is 0. The number of fused-ring (bicyclic) bond motifs is 4. The number of anilines is 2. The summed E-state index contributed by atoms with van der Waals surface area (Å²) in [6, 6.07) is 14.5. The molecule has 4 heterocycles. The molecule has 7 rings (SSSR count). The lowest BCUT2D eigenvalue weighted by atomic mass is 9.92. The van der Waals surface area contributed by atoms with Gasteiger partial charge in [0.15, 0.2) is 5.69 Å². The zero-order valence-electron chi connectivity index (χ0n) is 42.4. The quantitative estimate of drug-likeness (QED) is 0.0236. The van der Waals surface area contributed by atoms with Gasteiger partial charge in [0.2, 0.25) is 0 Å². The Balaban J connectivity index is 1.21. The Hall–Kier alpha value is -5.49. The van der Waals surface area contributed by atoms with Crippen molar-refractivity contribution in [3.63, 3.8) is 0 Å². The highest BCUT2D eigenvalue weighted by atomic mass is 16.5. The van der Waals surface area contributed by atoms with Crippen LogP contribution in [0.25, 0.3) is 27.1 Å². The number of unbranched alkanes of at least 4 members (excludes halogenated alkanes) is 16. The van der Waals surface area contributed by atoms with Crippen LogP contribution in [0.3, 0.4) is 0 Å². The zero-order chi connectivity index (χ0) is 48.9. The second kappa shape index (κ2) is 24.9. The molecule has 4 aliphatic heterocycles. The second-order valence-electron chi connectivity index (χ2n) is 20.3. The number of esters is 2. The lowest BCUT2D eigenvalue weighted by molar-refractivity contribution is -0.127. The second-order valence-corrected chi connectivity index (χ2v) is 20.3. The SMILES string of the molecule is [C-]#[N+]c1ccc2c(c1)N(CC(CCCCCC)CCCCCCCC)C(=O)/C2=C1/C(=O)Oc2cc3c(cc21)OC(=O)/C3=C1/C(=O)N(CC(CCCCCC)CCCCCCCC)c2cc(C)ccc21. The summed E-state index contributed by atoms with van der Waals surface area (Å²) >= 11 is 0. The molecule has 0 radical (unpaired) electrons. The molecule has 2 unspecified atom stereocenters. The third-order valence-electron chi connectivity index (χ3n) is 15.0. The van der Waals surface area contributed by atoms with Gasteiger partial charge in [-0.25, -0.2) is 14.4 Å². The van der Waals surface area contributed by atoms with E-state index in [2.05, 4.69) is 32.5 Å². The molecule has 0 spiro atoms. The fourth-order valence-corrected chi connectivity index (χ4v) is 11.1. The third kappa shape index (κ3) is 11.9. The summed E-state index contributed by atoms with van der Waals surface area (Å²) in [5.41, 5.74) is 5.73. The molecule has 0 aromatic heterocycles. The van der Waals surface area contributed by atoms with Crippen LogP contribution in [0.1, 0.15) is 210 Å². The summed E-state index contributed by atoms with van der Waals surface area (Å²) in [5.74, 6) is -0.795. The van der Waals surface area contributed by atoms with Crippen molar-refractivity contribution in [2.45, 2.75) is 189 Å². The van der Waals surface area contributed by atoms with E-state index in [1.165, 1.54) is 89.9 Å². The maximum Gasteiger partial charge on any atom is 0.345 e. The summed E-state index contributed by atoms with van der Waals surface area (Å²) in [4.78, 5) is 65.5. The lowest BCUT2D eigenvalue weighted by Crippen LogP contribution is -2.32. The number of benzene rings is 3. The molecule has 0 saturated carbocycles. The average Bonchev–Trinajstić information content (AvgIpc) is 4.00. The number of aryl methyl sites for hydroxylation is 1. The largest absolute Gasteiger partial charge is 0.422 e. The van der Waals surface area contributed by atoms with Crippen LogP contribution in [0.5, 0.6) is 11.5 Å². The van der Waals surface area contributed by atoms with Gasteiger partial charge in [-0.15, -0.1) is 0 Å². The van der Waals surface area contributed by atoms with Gasteiger partial charge in [-0.3, -0.25) is 9.59 Å². The molecule has 9 heteroatoms. The highest BCUT2D eigenvalue weighted by molar-refractivity contribution is 6.48. The highest BCUT2D eigenvalue weighted by Crippen LogP contribution is 2.52. The molecule has 2 amide bonds. The Bertz CT molecular complexity index is 2460. The highest BCUT2D eigenvalue weighted by Gasteiger charge is 2.45. The van der Waals surface area contributed by atoms with Gasteiger partial charge in [0.25, 0.3) is 11.8 Å². The van der Waals surface area contributed by atoms with Gasteiger partial charge in [-0.2, -0.15) is 0 Å². The molecule has 2 atom stereocenters. The van der Waals surface area contributed by atoms with Crippen molar-refractivity contribution >= 4 is 63.1 Å². The molecule has 368 valence electrons. The molecule has 0 saturated heterocycles. The van der Waals surface area contributed by atoms with Crippen molar-refractivity contribution in [1.29, 1.82) is 0 Å². The molecule has 3 aromatic carbocycles. The molecule has 0 fully saturated rings. The predicted octanol–water partition coefficient (Wildman–Crippen LogP) is 15.6. The predicted molar refractivity (Wildman–Crippen MR) is 280 cm³/mol. The van der Waals surface area contributed by atoms with Crippen LogP contribution >= 0.6 is 0 Å². The number of nitrogens with zero attached hydrogens (tertiary/aromatic N) is 3. The van der Waals surface area contributed by atoms with Crippen LogP contribution in [-0.2, 0) is 19.2 Å². The molecule has 0 N–H and O–H groups in total. The van der Waals surface area contributed by atoms with Gasteiger partial charge in [-0.05, 0) is 74.3 Å². The van der Waals surface area contributed by atoms with Crippen molar-refractivity contribution in [2.75, 3.05) is 22.9 Å². The lowest BCUT2D eigenvalue weighted by Gasteiger charge is -2.25. The fourth-order valence-electron chi connectivity index (χ4n) is 11.1. The summed E-state index contributed by atoms with van der Waals surface area (Å²) in [5, 5.41) is 0. The van der Waals surface area contributed by atoms with Crippen molar-refractivity contribution in [1.82, 2.24) is 0 Å². The summed E-state index contributed by atoms with van der Waals surface area (Å²) in [6.07, 6.45) is 27.9. The molecular weight excluding hydrogens is 859 g/mol. The average molecular weight is 936 g/mol. The van der Waals surface area contributed by atoms with Crippen LogP contribution in [0.2, 0.25) is 0 Å². The number of carbonyl (C=O) groups is 4. The normalized spacial score (nSPS) is 17.8. The van der Waals surface area contributed by atoms with Crippen LogP contribution in [-0.4, -0.2) is 36.8 Å². The zero-order valence-corrected chi connectivity index (χ0v) is 42.4. The van der Waals surface area contributed by atoms with Gasteiger partial charge in [0.05, 0.1) is 34.6 Å². The Labute approximate surface area is 412 Å². The van der Waals surface area contributed by atoms with Gasteiger partial charge in [0, 0.05) is 41.0 Å². The Morgan fingerprint density at radius 3 is 1.26 bits per heavy atom. The smallest absolute Gasteiger partial charge is 0.345 e. The van der Waals surface area contributed by atoms with Gasteiger partial charge in [0.1, 0.15) is 11.5 Å². The fraction of sp³-hybridized carbons (Fsp3) is 0.550. The van der Waals surface area contributed by atoms with Gasteiger partial charge in [-0.1, -0.05) is 180 Å². The van der Waals surface area contributed by atoms with E-state index in [1.54, 1.807) is 35.2 Å². The van der Waals surface area contributed by atoms with E-state index >= 15 is 0 Å². The molecule has 0 aliphatic carbocycles. The maximum atomic E-state index is 14.9. The van der Waals surface area contributed by atoms with E-state index in [9.17, 15) is 19.2 Å². The molecule has 0 bridgehead atoms. The van der Waals surface area contributed by atoms with Crippen LogP contribution in [0.4, 0.5) is 17.1 Å². The minimum Gasteiger partial charge on any atom is -0.422 e. The van der Waals surface area contributed by atoms with E-state index in [0.717, 1.165) is 75.5 Å². The first-order valence-corrected chi connectivity index (χ1v) is 27.0. The minimum atomic E-state index is -0.665. The van der Waals surface area contributed by atoms with E-state index in [-0.39, 0.29) is 46.0 Å². The topological polar surface area (TPSA) is 97.6 Å². The number of hydrogen-bond acceptors (Lipinski definition) is 6. The van der Waals surface area contributed by atoms with E-state index in [0.29, 0.717) is 58.2 Å². The van der Waals surface area contributed by atoms with Crippen molar-refractivity contribution in [3.8, 4) is 11.5 Å². The first kappa shape index (κ1) is 51.4. The first-order chi connectivity index (χ1) is 33.6. The number of ether oxygens (including phenoxy) is 2. The number of carbonyl (C=O) groups excluding carboxylic acids is 4. The number of amides is 2. The van der Waals surface area contributed by atoms with E-state index in [1.807, 2.05) is 30.0 Å². The molecular formula is C60H77N3O6. The molecule has 9 nitrogen and oxygen atoms in total. The number of hydrogen-bond donors (Lipinski definition) is 0. The van der Waals surface area contributed by atoms with Crippen molar-refractivity contribution in [3.05, 3.63) is 87.8 Å². The summed E-state index contributed by atoms with van der Waals surface area (Å²) < 4.78 is 12.0. The van der Waals surface area contributed by atoms with Gasteiger partial charge >= 0.3 is 11.9 Å². The van der Waals surface area contributed by atoms with Crippen LogP contribution in [0, 0.1) is 25.3 Å². The van der Waals surface area contributed by atoms with Crippen LogP contribution < -0.4 is 19.3 Å². The standard InChI is InChI=1S/C60H77N3O6/c1-7-11-15-19-21-25-29-42(27-23-17-13-9-3)39-62-49-35-41(5)31-33-45(49)53(57(62)64)55-47-37-52-48(38-51(47)68-59(55)66)56(60(67)69-52)54-46-34-32-44(61-6)36-50(46)63(58(54)65)40-43(28-24-18-14-10-4)30-26-22-20-16-12-8-2/h31-38,42-43H,7-30,39-40H2,1-5H3/b55-53+,56-54+. The Morgan fingerprint density at radius 1 is 0.464 bits per heavy atom. The molecule has 69 heavy (non-hydrogen) atoms. The van der Waals surface area contributed by atoms with Crippen LogP contribution in [0.15, 0.2) is 48.5 Å². The monoisotopic (exact) mass is 936 g/mol. The maximum absolute atomic E-state index is 14.9. The van der Waals surface area contributed by atoms with E-state index < -0.39 is 11.9 Å². The number of rotatable bonds is 28. The molecule has 3 aromatic rings. The molecule has 4 aliphatic rings. The van der Waals surface area contributed by atoms with Gasteiger partial charge < -0.3 is 19.3 Å². The van der Waals surface area contributed by atoms with Crippen molar-refractivity contribution < 1.29 is 28.7 Å².